The smallest absolute Gasteiger partial charge is 0.303 e. The van der Waals surface area contributed by atoms with Gasteiger partial charge in [-0.25, -0.2) is 0 Å². The third kappa shape index (κ3) is 5.13. The molecule has 0 unspecified atom stereocenters. The first-order valence-corrected chi connectivity index (χ1v) is 10.7. The molecule has 0 aliphatic heterocycles. The van der Waals surface area contributed by atoms with Crippen molar-refractivity contribution in [2.24, 2.45) is 17.8 Å². The molecule has 0 heterocycles. The molecule has 3 rings (SSSR count). The number of unbranched alkanes of at least 4 members (excludes halogenated alkanes) is 1. The Morgan fingerprint density at radius 3 is 2.92 bits per heavy atom. The molecule has 4 atom stereocenters. The van der Waals surface area contributed by atoms with Gasteiger partial charge in [-0.2, -0.15) is 11.8 Å². The second kappa shape index (κ2) is 8.93. The van der Waals surface area contributed by atoms with Gasteiger partial charge in [0.05, 0.1) is 0 Å². The number of thioether (sulfide) groups is 1. The third-order valence-corrected chi connectivity index (χ3v) is 7.49. The average Bonchev–Trinajstić information content (AvgIpc) is 3.17. The largest absolute Gasteiger partial charge is 0.481 e. The molecule has 3 heteroatoms. The van der Waals surface area contributed by atoms with Crippen molar-refractivity contribution in [2.45, 2.75) is 62.9 Å². The van der Waals surface area contributed by atoms with Crippen molar-refractivity contribution < 1.29 is 9.90 Å². The zero-order valence-electron chi connectivity index (χ0n) is 15.2. The predicted octanol–water partition coefficient (Wildman–Crippen LogP) is 5.84. The normalized spacial score (nSPS) is 28.0. The molecule has 2 aliphatic rings. The summed E-state index contributed by atoms with van der Waals surface area (Å²) in [5, 5.41) is 9.50. The summed E-state index contributed by atoms with van der Waals surface area (Å²) in [5.74, 6) is 3.11. The summed E-state index contributed by atoms with van der Waals surface area (Å²) in [5.41, 5.74) is 2.81. The number of carboxylic acid groups (broad SMARTS) is 1. The Morgan fingerprint density at radius 1 is 1.28 bits per heavy atom. The van der Waals surface area contributed by atoms with Crippen LogP contribution in [-0.2, 0) is 10.5 Å². The lowest BCUT2D eigenvalue weighted by molar-refractivity contribution is -0.137. The van der Waals surface area contributed by atoms with E-state index in [9.17, 15) is 4.79 Å². The highest BCUT2D eigenvalue weighted by atomic mass is 32.2. The number of hydrogen-bond acceptors (Lipinski definition) is 2. The quantitative estimate of drug-likeness (QED) is 0.445. The fourth-order valence-electron chi connectivity index (χ4n) is 4.68. The Bertz CT molecular complexity index is 610. The molecule has 1 aromatic rings. The fourth-order valence-corrected chi connectivity index (χ4v) is 6.35. The van der Waals surface area contributed by atoms with Crippen LogP contribution in [0.4, 0.5) is 0 Å². The first-order valence-electron chi connectivity index (χ1n) is 9.67. The minimum atomic E-state index is -0.686. The predicted molar refractivity (Wildman–Crippen MR) is 106 cm³/mol. The van der Waals surface area contributed by atoms with Gasteiger partial charge in [0.25, 0.3) is 0 Å². The van der Waals surface area contributed by atoms with E-state index in [1.165, 1.54) is 36.8 Å². The first kappa shape index (κ1) is 18.6. The highest BCUT2D eigenvalue weighted by Crippen LogP contribution is 2.54. The van der Waals surface area contributed by atoms with Crippen molar-refractivity contribution in [2.75, 3.05) is 0 Å². The molecular formula is C22H30O2S. The minimum Gasteiger partial charge on any atom is -0.481 e. The van der Waals surface area contributed by atoms with E-state index in [0.717, 1.165) is 41.6 Å². The topological polar surface area (TPSA) is 37.3 Å². The van der Waals surface area contributed by atoms with Gasteiger partial charge in [0.15, 0.2) is 0 Å². The standard InChI is InChI=1S/C22H30O2S/c1-16-7-6-8-17(13-16)15-25-22-19-12-11-18(14-19)20(22)9-4-2-3-5-10-21(23)24/h2,4,6-8,13,18-20,22H,3,5,9-12,14-15H2,1H3,(H,23,24)/b4-2-/t18-,19+,20-,22+/m0/s1. The van der Waals surface area contributed by atoms with E-state index in [0.29, 0.717) is 0 Å². The maximum atomic E-state index is 10.6. The van der Waals surface area contributed by atoms with Crippen LogP contribution in [0.5, 0.6) is 0 Å². The molecule has 0 aromatic heterocycles. The molecule has 2 saturated carbocycles. The minimum absolute atomic E-state index is 0.285. The Labute approximate surface area is 156 Å². The molecule has 0 spiro atoms. The molecular weight excluding hydrogens is 328 g/mol. The number of benzene rings is 1. The molecule has 2 fully saturated rings. The van der Waals surface area contributed by atoms with Crippen molar-refractivity contribution in [3.63, 3.8) is 0 Å². The third-order valence-electron chi connectivity index (χ3n) is 5.87. The van der Waals surface area contributed by atoms with Gasteiger partial charge in [-0.1, -0.05) is 42.0 Å². The monoisotopic (exact) mass is 358 g/mol. The maximum absolute atomic E-state index is 10.6. The molecule has 2 nitrogen and oxygen atoms in total. The van der Waals surface area contributed by atoms with Crippen LogP contribution in [0.15, 0.2) is 36.4 Å². The van der Waals surface area contributed by atoms with Crippen LogP contribution in [0, 0.1) is 24.7 Å². The molecule has 1 N–H and O–H groups in total. The Hall–Kier alpha value is -1.22. The lowest BCUT2D eigenvalue weighted by Gasteiger charge is -2.30. The number of aliphatic carboxylic acids is 1. The Morgan fingerprint density at radius 2 is 2.12 bits per heavy atom. The number of carboxylic acids is 1. The van der Waals surface area contributed by atoms with Gasteiger partial charge < -0.3 is 5.11 Å². The van der Waals surface area contributed by atoms with Crippen LogP contribution in [0.2, 0.25) is 0 Å². The van der Waals surface area contributed by atoms with E-state index in [1.807, 2.05) is 0 Å². The van der Waals surface area contributed by atoms with E-state index in [2.05, 4.69) is 55.1 Å². The van der Waals surface area contributed by atoms with E-state index in [-0.39, 0.29) is 6.42 Å². The molecule has 2 aliphatic carbocycles. The molecule has 0 amide bonds. The zero-order valence-corrected chi connectivity index (χ0v) is 16.0. The first-order chi connectivity index (χ1) is 12.1. The number of carbonyl (C=O) groups is 1. The molecule has 2 bridgehead atoms. The summed E-state index contributed by atoms with van der Waals surface area (Å²) in [6.45, 7) is 2.17. The second-order valence-electron chi connectivity index (χ2n) is 7.75. The molecule has 136 valence electrons. The van der Waals surface area contributed by atoms with Gasteiger partial charge in [0.2, 0.25) is 0 Å². The van der Waals surface area contributed by atoms with Crippen LogP contribution >= 0.6 is 11.8 Å². The van der Waals surface area contributed by atoms with Crippen molar-refractivity contribution in [1.82, 2.24) is 0 Å². The van der Waals surface area contributed by atoms with Gasteiger partial charge in [0, 0.05) is 17.4 Å². The highest BCUT2D eigenvalue weighted by molar-refractivity contribution is 7.99. The van der Waals surface area contributed by atoms with Crippen molar-refractivity contribution in [3.05, 3.63) is 47.5 Å². The van der Waals surface area contributed by atoms with Gasteiger partial charge in [-0.15, -0.1) is 0 Å². The number of hydrogen-bond donors (Lipinski definition) is 1. The van der Waals surface area contributed by atoms with Crippen LogP contribution in [0.3, 0.4) is 0 Å². The summed E-state index contributed by atoms with van der Waals surface area (Å²) in [6, 6.07) is 8.91. The molecule has 0 saturated heterocycles. The number of fused-ring (bicyclic) bond motifs is 2. The molecule has 0 radical (unpaired) electrons. The van der Waals surface area contributed by atoms with E-state index in [4.69, 9.17) is 5.11 Å². The van der Waals surface area contributed by atoms with Gasteiger partial charge in [-0.3, -0.25) is 4.79 Å². The van der Waals surface area contributed by atoms with Crippen LogP contribution in [-0.4, -0.2) is 16.3 Å². The van der Waals surface area contributed by atoms with Gasteiger partial charge >= 0.3 is 5.97 Å². The van der Waals surface area contributed by atoms with Crippen molar-refractivity contribution in [3.8, 4) is 0 Å². The average molecular weight is 359 g/mol. The SMILES string of the molecule is Cc1cccc(CS[C@@H]2[C@@H]3CC[C@@H](C3)[C@@H]2C/C=C\CCCC(=O)O)c1. The van der Waals surface area contributed by atoms with E-state index >= 15 is 0 Å². The molecule has 1 aromatic carbocycles. The van der Waals surface area contributed by atoms with Gasteiger partial charge in [0.1, 0.15) is 0 Å². The van der Waals surface area contributed by atoms with Crippen LogP contribution in [0.1, 0.15) is 56.1 Å². The summed E-state index contributed by atoms with van der Waals surface area (Å²) < 4.78 is 0. The number of allylic oxidation sites excluding steroid dienone is 2. The zero-order chi connectivity index (χ0) is 17.6. The van der Waals surface area contributed by atoms with Crippen molar-refractivity contribution in [1.29, 1.82) is 0 Å². The van der Waals surface area contributed by atoms with E-state index in [1.54, 1.807) is 0 Å². The van der Waals surface area contributed by atoms with E-state index < -0.39 is 5.97 Å². The summed E-state index contributed by atoms with van der Waals surface area (Å²) in [6.07, 6.45) is 11.9. The summed E-state index contributed by atoms with van der Waals surface area (Å²) in [4.78, 5) is 10.6. The number of rotatable bonds is 9. The Balaban J connectivity index is 1.49. The summed E-state index contributed by atoms with van der Waals surface area (Å²) in [7, 11) is 0. The lowest BCUT2D eigenvalue weighted by atomic mass is 9.86. The molecule has 25 heavy (non-hydrogen) atoms. The van der Waals surface area contributed by atoms with Crippen molar-refractivity contribution >= 4 is 17.7 Å². The highest BCUT2D eigenvalue weighted by Gasteiger charge is 2.46. The van der Waals surface area contributed by atoms with Gasteiger partial charge in [-0.05, 0) is 68.8 Å². The second-order valence-corrected chi connectivity index (χ2v) is 8.92. The number of aryl methyl sites for hydroxylation is 1. The Kier molecular flexibility index (Phi) is 6.63. The maximum Gasteiger partial charge on any atom is 0.303 e. The summed E-state index contributed by atoms with van der Waals surface area (Å²) >= 11 is 2.18. The fraction of sp³-hybridized carbons (Fsp3) is 0.591. The lowest BCUT2D eigenvalue weighted by Crippen LogP contribution is -2.24. The van der Waals surface area contributed by atoms with Crippen LogP contribution < -0.4 is 0 Å². The van der Waals surface area contributed by atoms with Crippen LogP contribution in [0.25, 0.3) is 0 Å².